The zero-order valence-corrected chi connectivity index (χ0v) is 12.1. The molecule has 1 fully saturated rings. The van der Waals surface area contributed by atoms with E-state index in [0.717, 1.165) is 30.9 Å². The summed E-state index contributed by atoms with van der Waals surface area (Å²) in [4.78, 5) is 15.9. The molecule has 1 saturated heterocycles. The van der Waals surface area contributed by atoms with Crippen LogP contribution in [0.15, 0.2) is 18.3 Å². The Morgan fingerprint density at radius 1 is 1.42 bits per heavy atom. The number of anilines is 1. The first-order valence-corrected chi connectivity index (χ1v) is 6.67. The number of rotatable bonds is 4. The molecule has 1 aliphatic heterocycles. The van der Waals surface area contributed by atoms with Gasteiger partial charge < -0.3 is 10.6 Å². The highest BCUT2D eigenvalue weighted by atomic mass is 35.5. The topological polar surface area (TPSA) is 54.0 Å². The van der Waals surface area contributed by atoms with E-state index in [1.165, 1.54) is 12.8 Å². The van der Waals surface area contributed by atoms with Crippen molar-refractivity contribution in [2.24, 2.45) is 5.92 Å². The molecule has 0 unspecified atom stereocenters. The number of hydrogen-bond donors (Lipinski definition) is 2. The van der Waals surface area contributed by atoms with Crippen molar-refractivity contribution in [1.29, 1.82) is 0 Å². The normalized spacial score (nSPS) is 15.6. The van der Waals surface area contributed by atoms with Crippen molar-refractivity contribution < 1.29 is 4.79 Å². The molecule has 4 nitrogen and oxygen atoms in total. The molecule has 1 aliphatic rings. The summed E-state index contributed by atoms with van der Waals surface area (Å²) in [5.74, 6) is 0.798. The fourth-order valence-corrected chi connectivity index (χ4v) is 2.27. The molecule has 1 aromatic heterocycles. The number of halogens is 1. The predicted octanol–water partition coefficient (Wildman–Crippen LogP) is 2.53. The lowest BCUT2D eigenvalue weighted by Crippen LogP contribution is -2.28. The van der Waals surface area contributed by atoms with Gasteiger partial charge in [-0.3, -0.25) is 9.78 Å². The van der Waals surface area contributed by atoms with Crippen molar-refractivity contribution in [3.63, 3.8) is 0 Å². The minimum absolute atomic E-state index is 0. The van der Waals surface area contributed by atoms with Crippen LogP contribution < -0.4 is 10.6 Å². The molecule has 2 rings (SSSR count). The first-order chi connectivity index (χ1) is 8.74. The largest absolute Gasteiger partial charge is 0.325 e. The number of amides is 1. The zero-order chi connectivity index (χ0) is 12.8. The van der Waals surface area contributed by atoms with Crippen molar-refractivity contribution in [1.82, 2.24) is 10.3 Å². The van der Waals surface area contributed by atoms with Crippen molar-refractivity contribution >= 4 is 24.0 Å². The van der Waals surface area contributed by atoms with Crippen molar-refractivity contribution in [2.75, 3.05) is 18.4 Å². The lowest BCUT2D eigenvalue weighted by atomic mass is 9.93. The van der Waals surface area contributed by atoms with Gasteiger partial charge in [-0.15, -0.1) is 12.4 Å². The summed E-state index contributed by atoms with van der Waals surface area (Å²) in [6.45, 7) is 4.12. The Morgan fingerprint density at radius 2 is 2.16 bits per heavy atom. The van der Waals surface area contributed by atoms with Crippen LogP contribution >= 0.6 is 12.4 Å². The van der Waals surface area contributed by atoms with Gasteiger partial charge in [-0.25, -0.2) is 0 Å². The van der Waals surface area contributed by atoms with Crippen LogP contribution in [0.25, 0.3) is 0 Å². The van der Waals surface area contributed by atoms with Crippen LogP contribution in [0.2, 0.25) is 0 Å². The molecule has 106 valence electrons. The third-order valence-electron chi connectivity index (χ3n) is 3.43. The van der Waals surface area contributed by atoms with Crippen LogP contribution in [-0.2, 0) is 4.79 Å². The molecular formula is C14H22ClN3O. The number of nitrogens with one attached hydrogen (secondary N) is 2. The molecule has 2 heterocycles. The third-order valence-corrected chi connectivity index (χ3v) is 3.43. The quantitative estimate of drug-likeness (QED) is 0.893. The highest BCUT2D eigenvalue weighted by Gasteiger charge is 2.14. The van der Waals surface area contributed by atoms with E-state index in [1.54, 1.807) is 6.20 Å². The lowest BCUT2D eigenvalue weighted by molar-refractivity contribution is -0.116. The molecule has 19 heavy (non-hydrogen) atoms. The molecule has 2 N–H and O–H groups in total. The summed E-state index contributed by atoms with van der Waals surface area (Å²) >= 11 is 0. The minimum Gasteiger partial charge on any atom is -0.325 e. The fourth-order valence-electron chi connectivity index (χ4n) is 2.27. The highest BCUT2D eigenvalue weighted by Crippen LogP contribution is 2.18. The number of aromatic nitrogens is 1. The predicted molar refractivity (Wildman–Crippen MR) is 79.7 cm³/mol. The molecule has 0 spiro atoms. The van der Waals surface area contributed by atoms with Crippen LogP contribution in [0.4, 0.5) is 5.69 Å². The van der Waals surface area contributed by atoms with Gasteiger partial charge in [0, 0.05) is 12.1 Å². The average Bonchev–Trinajstić information content (AvgIpc) is 2.40. The molecule has 0 saturated carbocycles. The summed E-state index contributed by atoms with van der Waals surface area (Å²) in [5.41, 5.74) is 1.75. The maximum Gasteiger partial charge on any atom is 0.224 e. The minimum atomic E-state index is 0. The summed E-state index contributed by atoms with van der Waals surface area (Å²) < 4.78 is 0. The molecule has 0 bridgehead atoms. The monoisotopic (exact) mass is 283 g/mol. The Bertz CT molecular complexity index is 388. The number of carbonyl (C=O) groups is 1. The van der Waals surface area contributed by atoms with Gasteiger partial charge in [0.15, 0.2) is 0 Å². The SMILES string of the molecule is Cc1ccc(NC(=O)CCC2CCNCC2)cn1.Cl. The maximum atomic E-state index is 11.8. The Labute approximate surface area is 120 Å². The number of pyridine rings is 1. The summed E-state index contributed by atoms with van der Waals surface area (Å²) in [7, 11) is 0. The third kappa shape index (κ3) is 5.57. The van der Waals surface area contributed by atoms with Gasteiger partial charge in [-0.1, -0.05) is 0 Å². The Morgan fingerprint density at radius 3 is 2.79 bits per heavy atom. The van der Waals surface area contributed by atoms with E-state index >= 15 is 0 Å². The highest BCUT2D eigenvalue weighted by molar-refractivity contribution is 5.90. The number of nitrogens with zero attached hydrogens (tertiary/aromatic N) is 1. The van der Waals surface area contributed by atoms with E-state index in [9.17, 15) is 4.79 Å². The standard InChI is InChI=1S/C14H21N3O.ClH/c1-11-2-4-13(10-16-11)17-14(18)5-3-12-6-8-15-9-7-12;/h2,4,10,12,15H,3,5-9H2,1H3,(H,17,18);1H. The summed E-state index contributed by atoms with van der Waals surface area (Å²) in [6.07, 6.45) is 5.70. The van der Waals surface area contributed by atoms with Crippen LogP contribution in [0.3, 0.4) is 0 Å². The molecule has 1 aromatic rings. The second kappa shape index (κ2) is 8.12. The maximum absolute atomic E-state index is 11.8. The van der Waals surface area contributed by atoms with Gasteiger partial charge in [0.25, 0.3) is 0 Å². The lowest BCUT2D eigenvalue weighted by Gasteiger charge is -2.22. The van der Waals surface area contributed by atoms with Gasteiger partial charge in [-0.2, -0.15) is 0 Å². The summed E-state index contributed by atoms with van der Waals surface area (Å²) in [6, 6.07) is 3.80. The Balaban J connectivity index is 0.00000180. The van der Waals surface area contributed by atoms with Gasteiger partial charge in [0.2, 0.25) is 5.91 Å². The molecule has 0 aliphatic carbocycles. The van der Waals surface area contributed by atoms with Crippen molar-refractivity contribution in [2.45, 2.75) is 32.6 Å². The number of piperidine rings is 1. The van der Waals surface area contributed by atoms with E-state index in [0.29, 0.717) is 12.3 Å². The zero-order valence-electron chi connectivity index (χ0n) is 11.3. The molecule has 0 aromatic carbocycles. The molecular weight excluding hydrogens is 262 g/mol. The average molecular weight is 284 g/mol. The van der Waals surface area contributed by atoms with Crippen molar-refractivity contribution in [3.8, 4) is 0 Å². The molecule has 1 amide bonds. The molecule has 0 radical (unpaired) electrons. The van der Waals surface area contributed by atoms with E-state index in [2.05, 4.69) is 15.6 Å². The number of hydrogen-bond acceptors (Lipinski definition) is 3. The number of carbonyl (C=O) groups excluding carboxylic acids is 1. The van der Waals surface area contributed by atoms with Crippen LogP contribution in [-0.4, -0.2) is 24.0 Å². The van der Waals surface area contributed by atoms with Gasteiger partial charge in [0.05, 0.1) is 11.9 Å². The van der Waals surface area contributed by atoms with Gasteiger partial charge in [-0.05, 0) is 57.3 Å². The van der Waals surface area contributed by atoms with Crippen molar-refractivity contribution in [3.05, 3.63) is 24.0 Å². The molecule has 0 atom stereocenters. The Hall–Kier alpha value is -1.13. The van der Waals surface area contributed by atoms with Crippen LogP contribution in [0.1, 0.15) is 31.4 Å². The van der Waals surface area contributed by atoms with E-state index < -0.39 is 0 Å². The number of aryl methyl sites for hydroxylation is 1. The van der Waals surface area contributed by atoms with E-state index in [-0.39, 0.29) is 18.3 Å². The molecule has 5 heteroatoms. The first kappa shape index (κ1) is 15.9. The first-order valence-electron chi connectivity index (χ1n) is 6.67. The van der Waals surface area contributed by atoms with Gasteiger partial charge in [0.1, 0.15) is 0 Å². The van der Waals surface area contributed by atoms with Crippen LogP contribution in [0, 0.1) is 12.8 Å². The smallest absolute Gasteiger partial charge is 0.224 e. The summed E-state index contributed by atoms with van der Waals surface area (Å²) in [5, 5.41) is 6.23. The Kier molecular flexibility index (Phi) is 6.81. The second-order valence-electron chi connectivity index (χ2n) is 4.97. The van der Waals surface area contributed by atoms with E-state index in [1.807, 2.05) is 19.1 Å². The fraction of sp³-hybridized carbons (Fsp3) is 0.571. The van der Waals surface area contributed by atoms with E-state index in [4.69, 9.17) is 0 Å². The second-order valence-corrected chi connectivity index (χ2v) is 4.97. The van der Waals surface area contributed by atoms with Crippen LogP contribution in [0.5, 0.6) is 0 Å². The van der Waals surface area contributed by atoms with Gasteiger partial charge >= 0.3 is 0 Å².